The molecule has 2 rings (SSSR count). The predicted molar refractivity (Wildman–Crippen MR) is 105 cm³/mol. The molecule has 2 aromatic carbocycles. The van der Waals surface area contributed by atoms with Crippen LogP contribution in [-0.2, 0) is 9.59 Å². The molecule has 0 unspecified atom stereocenters. The monoisotopic (exact) mass is 354 g/mol. The number of hydrogen-bond donors (Lipinski definition) is 1. The first-order valence-corrected chi connectivity index (χ1v) is 8.69. The first kappa shape index (κ1) is 19.5. The van der Waals surface area contributed by atoms with Gasteiger partial charge in [-0.2, -0.15) is 0 Å². The molecule has 0 spiro atoms. The SMILES string of the molecule is CC(=O)N(CC(=O)Nc1ccccc1OC(C)C)c1c(C)cccc1C. The molecule has 5 heteroatoms. The largest absolute Gasteiger partial charge is 0.489 e. The molecule has 0 aliphatic heterocycles. The smallest absolute Gasteiger partial charge is 0.244 e. The third-order valence-corrected chi connectivity index (χ3v) is 3.92. The molecule has 0 radical (unpaired) electrons. The van der Waals surface area contributed by atoms with E-state index in [2.05, 4.69) is 5.32 Å². The molecule has 138 valence electrons. The molecule has 1 N–H and O–H groups in total. The lowest BCUT2D eigenvalue weighted by atomic mass is 10.1. The van der Waals surface area contributed by atoms with E-state index >= 15 is 0 Å². The van der Waals surface area contributed by atoms with Gasteiger partial charge in [0.25, 0.3) is 0 Å². The number of nitrogens with one attached hydrogen (secondary N) is 1. The van der Waals surface area contributed by atoms with E-state index in [1.807, 2.05) is 64.1 Å². The highest BCUT2D eigenvalue weighted by molar-refractivity contribution is 6.03. The van der Waals surface area contributed by atoms with Gasteiger partial charge in [-0.25, -0.2) is 0 Å². The number of amides is 2. The van der Waals surface area contributed by atoms with Crippen LogP contribution in [0.2, 0.25) is 0 Å². The number of ether oxygens (including phenoxy) is 1. The number of benzene rings is 2. The standard InChI is InChI=1S/C21H26N2O3/c1-14(2)26-19-12-7-6-11-18(19)22-20(25)13-23(17(5)24)21-15(3)9-8-10-16(21)4/h6-12,14H,13H2,1-5H3,(H,22,25). The Morgan fingerprint density at radius 3 is 2.23 bits per heavy atom. The van der Waals surface area contributed by atoms with Gasteiger partial charge in [-0.15, -0.1) is 0 Å². The molecule has 0 saturated heterocycles. The second-order valence-corrected chi connectivity index (χ2v) is 6.56. The topological polar surface area (TPSA) is 58.6 Å². The summed E-state index contributed by atoms with van der Waals surface area (Å²) in [5, 5.41) is 2.85. The maximum atomic E-state index is 12.6. The van der Waals surface area contributed by atoms with Crippen LogP contribution in [0, 0.1) is 13.8 Å². The highest BCUT2D eigenvalue weighted by Gasteiger charge is 2.20. The molecular formula is C21H26N2O3. The number of hydrogen-bond acceptors (Lipinski definition) is 3. The summed E-state index contributed by atoms with van der Waals surface area (Å²) in [7, 11) is 0. The molecule has 26 heavy (non-hydrogen) atoms. The highest BCUT2D eigenvalue weighted by atomic mass is 16.5. The maximum Gasteiger partial charge on any atom is 0.244 e. The quantitative estimate of drug-likeness (QED) is 0.850. The Hall–Kier alpha value is -2.82. The zero-order valence-corrected chi connectivity index (χ0v) is 16.0. The van der Waals surface area contributed by atoms with Crippen LogP contribution in [0.25, 0.3) is 0 Å². The normalized spacial score (nSPS) is 10.5. The number of para-hydroxylation sites is 3. The van der Waals surface area contributed by atoms with E-state index < -0.39 is 0 Å². The van der Waals surface area contributed by atoms with Gasteiger partial charge < -0.3 is 15.0 Å². The molecule has 2 amide bonds. The fourth-order valence-electron chi connectivity index (χ4n) is 2.84. The van der Waals surface area contributed by atoms with E-state index in [9.17, 15) is 9.59 Å². The molecule has 0 aromatic heterocycles. The van der Waals surface area contributed by atoms with Crippen molar-refractivity contribution in [1.29, 1.82) is 0 Å². The molecule has 5 nitrogen and oxygen atoms in total. The van der Waals surface area contributed by atoms with Gasteiger partial charge in [-0.1, -0.05) is 30.3 Å². The van der Waals surface area contributed by atoms with Gasteiger partial charge in [0.15, 0.2) is 0 Å². The Morgan fingerprint density at radius 1 is 1.04 bits per heavy atom. The highest BCUT2D eigenvalue weighted by Crippen LogP contribution is 2.27. The van der Waals surface area contributed by atoms with Crippen LogP contribution in [-0.4, -0.2) is 24.5 Å². The van der Waals surface area contributed by atoms with Crippen LogP contribution in [0.15, 0.2) is 42.5 Å². The molecule has 0 fully saturated rings. The van der Waals surface area contributed by atoms with Gasteiger partial charge >= 0.3 is 0 Å². The summed E-state index contributed by atoms with van der Waals surface area (Å²) in [4.78, 5) is 26.3. The van der Waals surface area contributed by atoms with Gasteiger partial charge in [0, 0.05) is 6.92 Å². The van der Waals surface area contributed by atoms with Crippen LogP contribution in [0.3, 0.4) is 0 Å². The summed E-state index contributed by atoms with van der Waals surface area (Å²) < 4.78 is 5.73. The molecule has 0 bridgehead atoms. The average molecular weight is 354 g/mol. The summed E-state index contributed by atoms with van der Waals surface area (Å²) in [5.41, 5.74) is 3.28. The summed E-state index contributed by atoms with van der Waals surface area (Å²) in [6.45, 7) is 9.13. The van der Waals surface area contributed by atoms with E-state index in [4.69, 9.17) is 4.74 Å². The van der Waals surface area contributed by atoms with Gasteiger partial charge in [0.2, 0.25) is 11.8 Å². The van der Waals surface area contributed by atoms with Gasteiger partial charge in [0.05, 0.1) is 17.5 Å². The van der Waals surface area contributed by atoms with Crippen LogP contribution >= 0.6 is 0 Å². The molecule has 0 saturated carbocycles. The van der Waals surface area contributed by atoms with Gasteiger partial charge in [0.1, 0.15) is 12.3 Å². The number of nitrogens with zero attached hydrogens (tertiary/aromatic N) is 1. The van der Waals surface area contributed by atoms with E-state index in [1.54, 1.807) is 6.07 Å². The summed E-state index contributed by atoms with van der Waals surface area (Å²) in [5.74, 6) is 0.157. The van der Waals surface area contributed by atoms with Crippen molar-refractivity contribution in [3.63, 3.8) is 0 Å². The van der Waals surface area contributed by atoms with Crippen LogP contribution < -0.4 is 15.0 Å². The van der Waals surface area contributed by atoms with Crippen molar-refractivity contribution in [2.75, 3.05) is 16.8 Å². The number of rotatable bonds is 6. The molecule has 0 aliphatic carbocycles. The first-order valence-electron chi connectivity index (χ1n) is 8.69. The van der Waals surface area contributed by atoms with Crippen molar-refractivity contribution in [2.24, 2.45) is 0 Å². The Balaban J connectivity index is 2.21. The van der Waals surface area contributed by atoms with Crippen molar-refractivity contribution < 1.29 is 14.3 Å². The van der Waals surface area contributed by atoms with Crippen LogP contribution in [0.1, 0.15) is 31.9 Å². The number of aryl methyl sites for hydroxylation is 2. The zero-order valence-electron chi connectivity index (χ0n) is 16.0. The summed E-state index contributed by atoms with van der Waals surface area (Å²) >= 11 is 0. The number of anilines is 2. The van der Waals surface area contributed by atoms with Gasteiger partial charge in [-0.3, -0.25) is 9.59 Å². The molecule has 0 heterocycles. The lowest BCUT2D eigenvalue weighted by Crippen LogP contribution is -2.37. The third-order valence-electron chi connectivity index (χ3n) is 3.92. The number of carbonyl (C=O) groups is 2. The Morgan fingerprint density at radius 2 is 1.65 bits per heavy atom. The molecule has 2 aromatic rings. The number of carbonyl (C=O) groups excluding carboxylic acids is 2. The second kappa shape index (κ2) is 8.52. The maximum absolute atomic E-state index is 12.6. The average Bonchev–Trinajstić information content (AvgIpc) is 2.55. The van der Waals surface area contributed by atoms with E-state index in [-0.39, 0.29) is 24.5 Å². The molecule has 0 aliphatic rings. The van der Waals surface area contributed by atoms with Crippen molar-refractivity contribution in [1.82, 2.24) is 0 Å². The lowest BCUT2D eigenvalue weighted by Gasteiger charge is -2.25. The Kier molecular flexibility index (Phi) is 6.39. The van der Waals surface area contributed by atoms with E-state index in [0.29, 0.717) is 11.4 Å². The molecule has 0 atom stereocenters. The van der Waals surface area contributed by atoms with Crippen LogP contribution in [0.5, 0.6) is 5.75 Å². The van der Waals surface area contributed by atoms with E-state index in [0.717, 1.165) is 16.8 Å². The Bertz CT molecular complexity index is 779. The second-order valence-electron chi connectivity index (χ2n) is 6.56. The molecular weight excluding hydrogens is 328 g/mol. The van der Waals surface area contributed by atoms with E-state index in [1.165, 1.54) is 11.8 Å². The summed E-state index contributed by atoms with van der Waals surface area (Å²) in [6, 6.07) is 13.1. The van der Waals surface area contributed by atoms with Crippen molar-refractivity contribution in [3.8, 4) is 5.75 Å². The summed E-state index contributed by atoms with van der Waals surface area (Å²) in [6.07, 6.45) is -0.00334. The van der Waals surface area contributed by atoms with Crippen molar-refractivity contribution in [3.05, 3.63) is 53.6 Å². The predicted octanol–water partition coefficient (Wildman–Crippen LogP) is 4.08. The fourth-order valence-corrected chi connectivity index (χ4v) is 2.84. The minimum atomic E-state index is -0.275. The Labute approximate surface area is 155 Å². The fraction of sp³-hybridized carbons (Fsp3) is 0.333. The zero-order chi connectivity index (χ0) is 19.3. The van der Waals surface area contributed by atoms with Crippen molar-refractivity contribution >= 4 is 23.2 Å². The van der Waals surface area contributed by atoms with Crippen LogP contribution in [0.4, 0.5) is 11.4 Å². The minimum absolute atomic E-state index is 0.00334. The third kappa shape index (κ3) is 4.85. The van der Waals surface area contributed by atoms with Gasteiger partial charge in [-0.05, 0) is 51.0 Å². The lowest BCUT2D eigenvalue weighted by molar-refractivity contribution is -0.120. The van der Waals surface area contributed by atoms with Crippen molar-refractivity contribution in [2.45, 2.75) is 40.7 Å². The minimum Gasteiger partial charge on any atom is -0.489 e. The first-order chi connectivity index (χ1) is 12.3.